The number of carbonyl (C=O) groups is 2. The van der Waals surface area contributed by atoms with Crippen LogP contribution < -0.4 is 10.0 Å². The fourth-order valence-corrected chi connectivity index (χ4v) is 5.51. The van der Waals surface area contributed by atoms with Gasteiger partial charge >= 0.3 is 5.97 Å². The number of nitrogens with one attached hydrogen (secondary N) is 2. The Hall–Kier alpha value is -2.82. The number of ether oxygens (including phenoxy) is 1. The molecule has 2 aromatic carbocycles. The molecule has 0 saturated heterocycles. The van der Waals surface area contributed by atoms with E-state index in [0.29, 0.717) is 11.4 Å². The minimum Gasteiger partial charge on any atom is -0.465 e. The first-order valence-electron chi connectivity index (χ1n) is 9.11. The number of anilines is 2. The van der Waals surface area contributed by atoms with E-state index < -0.39 is 21.2 Å². The smallest absolute Gasteiger partial charge is 0.339 e. The first-order valence-corrected chi connectivity index (χ1v) is 12.4. The average Bonchev–Trinajstić information content (AvgIpc) is 3.31. The third-order valence-corrected chi connectivity index (χ3v) is 8.03. The van der Waals surface area contributed by atoms with E-state index in [1.807, 2.05) is 0 Å². The van der Waals surface area contributed by atoms with Gasteiger partial charge in [-0.05, 0) is 54.8 Å². The Labute approximate surface area is 188 Å². The summed E-state index contributed by atoms with van der Waals surface area (Å²) in [4.78, 5) is 25.2. The van der Waals surface area contributed by atoms with Gasteiger partial charge in [0.05, 0.1) is 23.6 Å². The third kappa shape index (κ3) is 5.87. The Kier molecular flexibility index (Phi) is 7.37. The van der Waals surface area contributed by atoms with E-state index in [1.54, 1.807) is 66.9 Å². The van der Waals surface area contributed by atoms with Gasteiger partial charge in [0.25, 0.3) is 10.0 Å². The maximum absolute atomic E-state index is 12.6. The lowest BCUT2D eigenvalue weighted by Crippen LogP contribution is -2.23. The van der Waals surface area contributed by atoms with Gasteiger partial charge in [-0.25, -0.2) is 13.2 Å². The maximum atomic E-state index is 12.6. The maximum Gasteiger partial charge on any atom is 0.339 e. The van der Waals surface area contributed by atoms with Gasteiger partial charge in [-0.2, -0.15) is 0 Å². The third-order valence-electron chi connectivity index (χ3n) is 4.14. The van der Waals surface area contributed by atoms with Gasteiger partial charge in [-0.3, -0.25) is 9.52 Å². The number of carbonyl (C=O) groups excluding carboxylic acids is 2. The molecular weight excluding hydrogens is 456 g/mol. The summed E-state index contributed by atoms with van der Waals surface area (Å²) in [7, 11) is -2.33. The van der Waals surface area contributed by atoms with E-state index in [0.717, 1.165) is 16.2 Å². The summed E-state index contributed by atoms with van der Waals surface area (Å²) in [5.74, 6) is -0.805. The van der Waals surface area contributed by atoms with Gasteiger partial charge in [-0.15, -0.1) is 23.1 Å². The van der Waals surface area contributed by atoms with Gasteiger partial charge in [-0.1, -0.05) is 18.2 Å². The monoisotopic (exact) mass is 476 g/mol. The summed E-state index contributed by atoms with van der Waals surface area (Å²) in [6, 6.07) is 16.6. The highest BCUT2D eigenvalue weighted by Crippen LogP contribution is 2.27. The lowest BCUT2D eigenvalue weighted by atomic mass is 10.2. The Bertz CT molecular complexity index is 1160. The van der Waals surface area contributed by atoms with Crippen LogP contribution in [0, 0.1) is 0 Å². The number of thiophene rings is 1. The van der Waals surface area contributed by atoms with Crippen molar-refractivity contribution in [3.05, 3.63) is 71.6 Å². The normalized spacial score (nSPS) is 12.1. The fraction of sp³-hybridized carbons (Fsp3) is 0.143. The summed E-state index contributed by atoms with van der Waals surface area (Å²) < 4.78 is 32.1. The second-order valence-electron chi connectivity index (χ2n) is 6.35. The van der Waals surface area contributed by atoms with Crippen molar-refractivity contribution in [2.45, 2.75) is 21.3 Å². The summed E-state index contributed by atoms with van der Waals surface area (Å²) in [6.45, 7) is 1.74. The van der Waals surface area contributed by atoms with E-state index in [4.69, 9.17) is 4.74 Å². The van der Waals surface area contributed by atoms with Crippen molar-refractivity contribution in [1.29, 1.82) is 0 Å². The minimum absolute atomic E-state index is 0.239. The lowest BCUT2D eigenvalue weighted by Gasteiger charge is -2.14. The van der Waals surface area contributed by atoms with Crippen LogP contribution in [0.15, 0.2) is 75.1 Å². The van der Waals surface area contributed by atoms with E-state index >= 15 is 0 Å². The van der Waals surface area contributed by atoms with E-state index in [-0.39, 0.29) is 15.7 Å². The number of thioether (sulfide) groups is 1. The number of rotatable bonds is 8. The molecule has 0 saturated carbocycles. The Morgan fingerprint density at radius 3 is 2.39 bits per heavy atom. The van der Waals surface area contributed by atoms with Crippen molar-refractivity contribution in [2.24, 2.45) is 0 Å². The van der Waals surface area contributed by atoms with Crippen LogP contribution in [0.4, 0.5) is 11.4 Å². The Balaban J connectivity index is 1.63. The van der Waals surface area contributed by atoms with Crippen LogP contribution in [0.3, 0.4) is 0 Å². The average molecular weight is 477 g/mol. The van der Waals surface area contributed by atoms with E-state index in [9.17, 15) is 18.0 Å². The van der Waals surface area contributed by atoms with Crippen molar-refractivity contribution in [1.82, 2.24) is 0 Å². The number of hydrogen-bond acceptors (Lipinski definition) is 7. The van der Waals surface area contributed by atoms with Crippen LogP contribution in [-0.4, -0.2) is 32.7 Å². The Morgan fingerprint density at radius 1 is 1.03 bits per heavy atom. The highest BCUT2D eigenvalue weighted by molar-refractivity contribution is 8.00. The molecule has 7 nitrogen and oxygen atoms in total. The molecule has 0 aliphatic carbocycles. The zero-order chi connectivity index (χ0) is 22.4. The second-order valence-corrected chi connectivity index (χ2v) is 10.6. The highest BCUT2D eigenvalue weighted by Gasteiger charge is 2.19. The molecule has 0 aliphatic rings. The van der Waals surface area contributed by atoms with Crippen molar-refractivity contribution in [3.8, 4) is 0 Å². The molecule has 0 bridgehead atoms. The highest BCUT2D eigenvalue weighted by atomic mass is 32.2. The van der Waals surface area contributed by atoms with Crippen LogP contribution in [0.5, 0.6) is 0 Å². The number of para-hydroxylation sites is 1. The molecule has 1 atom stereocenters. The van der Waals surface area contributed by atoms with E-state index in [1.165, 1.54) is 24.9 Å². The standard InChI is InChI=1S/C21H20N2O5S3/c1-14(20(24)22-18-7-4-3-6-17(18)21(25)28-2)30-16-11-9-15(10-12-16)23-31(26,27)19-8-5-13-29-19/h3-14,23H,1-2H3,(H,22,24). The molecule has 1 aromatic heterocycles. The number of esters is 1. The second kappa shape index (κ2) is 9.99. The summed E-state index contributed by atoms with van der Waals surface area (Å²) in [5.41, 5.74) is 1.09. The van der Waals surface area contributed by atoms with Crippen molar-refractivity contribution < 1.29 is 22.7 Å². The van der Waals surface area contributed by atoms with E-state index in [2.05, 4.69) is 10.0 Å². The van der Waals surface area contributed by atoms with Crippen LogP contribution in [0.25, 0.3) is 0 Å². The molecule has 1 amide bonds. The predicted octanol–water partition coefficient (Wildman–Crippen LogP) is 4.45. The molecule has 0 aliphatic heterocycles. The summed E-state index contributed by atoms with van der Waals surface area (Å²) in [5, 5.41) is 3.99. The van der Waals surface area contributed by atoms with Crippen LogP contribution >= 0.6 is 23.1 Å². The molecule has 3 aromatic rings. The topological polar surface area (TPSA) is 102 Å². The minimum atomic E-state index is -3.61. The zero-order valence-electron chi connectivity index (χ0n) is 16.7. The van der Waals surface area contributed by atoms with Crippen molar-refractivity contribution >= 4 is 56.4 Å². The number of methoxy groups -OCH3 is 1. The van der Waals surface area contributed by atoms with Gasteiger partial charge in [0.2, 0.25) is 5.91 Å². The van der Waals surface area contributed by atoms with Crippen LogP contribution in [-0.2, 0) is 19.6 Å². The lowest BCUT2D eigenvalue weighted by molar-refractivity contribution is -0.115. The van der Waals surface area contributed by atoms with Crippen LogP contribution in [0.1, 0.15) is 17.3 Å². The molecule has 31 heavy (non-hydrogen) atoms. The summed E-state index contributed by atoms with van der Waals surface area (Å²) >= 11 is 2.45. The first-order chi connectivity index (χ1) is 14.8. The quantitative estimate of drug-likeness (QED) is 0.368. The molecule has 1 heterocycles. The first kappa shape index (κ1) is 22.9. The molecule has 1 unspecified atom stereocenters. The van der Waals surface area contributed by atoms with Gasteiger partial charge < -0.3 is 10.1 Å². The van der Waals surface area contributed by atoms with Gasteiger partial charge in [0.1, 0.15) is 4.21 Å². The van der Waals surface area contributed by atoms with Gasteiger partial charge in [0.15, 0.2) is 0 Å². The predicted molar refractivity (Wildman–Crippen MR) is 123 cm³/mol. The molecule has 2 N–H and O–H groups in total. The SMILES string of the molecule is COC(=O)c1ccccc1NC(=O)C(C)Sc1ccc(NS(=O)(=O)c2cccs2)cc1. The Morgan fingerprint density at radius 2 is 1.74 bits per heavy atom. The van der Waals surface area contributed by atoms with Crippen molar-refractivity contribution in [2.75, 3.05) is 17.1 Å². The van der Waals surface area contributed by atoms with Crippen LogP contribution in [0.2, 0.25) is 0 Å². The molecule has 0 fully saturated rings. The number of amides is 1. The number of sulfonamides is 1. The molecular formula is C21H20N2O5S3. The van der Waals surface area contributed by atoms with Crippen molar-refractivity contribution in [3.63, 3.8) is 0 Å². The summed E-state index contributed by atoms with van der Waals surface area (Å²) in [6.07, 6.45) is 0. The molecule has 0 radical (unpaired) electrons. The molecule has 0 spiro atoms. The fourth-order valence-electron chi connectivity index (χ4n) is 2.60. The number of benzene rings is 2. The largest absolute Gasteiger partial charge is 0.465 e. The molecule has 162 valence electrons. The van der Waals surface area contributed by atoms with Gasteiger partial charge in [0, 0.05) is 10.6 Å². The molecule has 3 rings (SSSR count). The molecule has 10 heteroatoms. The zero-order valence-corrected chi connectivity index (χ0v) is 19.1. The number of hydrogen-bond donors (Lipinski definition) is 2.